The summed E-state index contributed by atoms with van der Waals surface area (Å²) in [6, 6.07) is 3.65. The predicted octanol–water partition coefficient (Wildman–Crippen LogP) is 5.30. The molecule has 0 bridgehead atoms. The molecule has 1 aromatic carbocycles. The van der Waals surface area contributed by atoms with Crippen LogP contribution in [0.3, 0.4) is 0 Å². The van der Waals surface area contributed by atoms with Crippen LogP contribution in [-0.4, -0.2) is 45.5 Å². The van der Waals surface area contributed by atoms with Gasteiger partial charge in [0.05, 0.1) is 17.8 Å². The van der Waals surface area contributed by atoms with Gasteiger partial charge >= 0.3 is 0 Å². The monoisotopic (exact) mass is 562 g/mol. The van der Waals surface area contributed by atoms with E-state index in [2.05, 4.69) is 36.2 Å². The van der Waals surface area contributed by atoms with Gasteiger partial charge in [0.15, 0.2) is 5.82 Å². The standard InChI is InChI=1S/C23H25BrN6O2.2CH4.H2S/c1-12-20-22(30(3)13(2)23(31)29-20)28-19(27-12)8-14-6-15(7-14)11-32-18-10-16(24)9-17-21(18)26-5-4-25-17;;;/h4-5,9-10,13-15H,6-8,11H2,1-3H3,(H,29,31);2*1H4;1H2/t13-,14?,15?;;;/m0.../s1. The molecule has 1 saturated carbocycles. The normalized spacial score (nSPS) is 20.4. The number of aromatic nitrogens is 4. The van der Waals surface area contributed by atoms with E-state index >= 15 is 0 Å². The first-order valence-corrected chi connectivity index (χ1v) is 11.6. The van der Waals surface area contributed by atoms with Crippen LogP contribution in [-0.2, 0) is 11.2 Å². The second kappa shape index (κ2) is 11.5. The summed E-state index contributed by atoms with van der Waals surface area (Å²) in [5.41, 5.74) is 3.15. The van der Waals surface area contributed by atoms with Gasteiger partial charge in [-0.15, -0.1) is 0 Å². The van der Waals surface area contributed by atoms with Gasteiger partial charge in [-0.05, 0) is 50.7 Å². The molecule has 2 aliphatic rings. The molecule has 190 valence electrons. The quantitative estimate of drug-likeness (QED) is 0.450. The van der Waals surface area contributed by atoms with E-state index in [4.69, 9.17) is 9.72 Å². The van der Waals surface area contributed by atoms with Crippen molar-refractivity contribution in [1.82, 2.24) is 19.9 Å². The zero-order chi connectivity index (χ0) is 22.4. The first-order chi connectivity index (χ1) is 15.4. The Labute approximate surface area is 222 Å². The lowest BCUT2D eigenvalue weighted by molar-refractivity contribution is -0.117. The smallest absolute Gasteiger partial charge is 0.246 e. The molecule has 35 heavy (non-hydrogen) atoms. The lowest BCUT2D eigenvalue weighted by Gasteiger charge is -2.36. The SMILES string of the molecule is C.C.Cc1nc(CC2CC(COc3cc(Br)cc4nccnc34)C2)nc2c1NC(=O)[C@H](C)N2C.S. The van der Waals surface area contributed by atoms with Crippen LogP contribution in [0.1, 0.15) is 46.1 Å². The minimum Gasteiger partial charge on any atom is -0.491 e. The van der Waals surface area contributed by atoms with Crippen molar-refractivity contribution in [1.29, 1.82) is 0 Å². The van der Waals surface area contributed by atoms with Crippen LogP contribution in [0.2, 0.25) is 0 Å². The Hall–Kier alpha value is -2.46. The van der Waals surface area contributed by atoms with E-state index in [0.29, 0.717) is 18.4 Å². The van der Waals surface area contributed by atoms with Crippen LogP contribution < -0.4 is 15.0 Å². The van der Waals surface area contributed by atoms with E-state index < -0.39 is 0 Å². The molecule has 2 aromatic heterocycles. The van der Waals surface area contributed by atoms with Crippen LogP contribution in [0, 0.1) is 18.8 Å². The van der Waals surface area contributed by atoms with Gasteiger partial charge in [-0.1, -0.05) is 30.8 Å². The Morgan fingerprint density at radius 1 is 1.14 bits per heavy atom. The minimum absolute atomic E-state index is 0. The average molecular weight is 564 g/mol. The number of nitrogens with zero attached hydrogens (tertiary/aromatic N) is 5. The zero-order valence-corrected chi connectivity index (χ0v) is 21.4. The molecule has 3 aromatic rings. The van der Waals surface area contributed by atoms with Crippen LogP contribution in [0.25, 0.3) is 11.0 Å². The van der Waals surface area contributed by atoms with Crippen molar-refractivity contribution >= 4 is 57.9 Å². The molecule has 0 saturated heterocycles. The Kier molecular flexibility index (Phi) is 9.47. The van der Waals surface area contributed by atoms with Crippen molar-refractivity contribution in [3.05, 3.63) is 40.5 Å². The number of carbonyl (C=O) groups excluding carboxylic acids is 1. The second-order valence-corrected chi connectivity index (χ2v) is 9.66. The summed E-state index contributed by atoms with van der Waals surface area (Å²) < 4.78 is 7.05. The Balaban J connectivity index is 0.00000144. The molecule has 5 rings (SSSR count). The maximum Gasteiger partial charge on any atom is 0.246 e. The summed E-state index contributed by atoms with van der Waals surface area (Å²) >= 11 is 3.52. The van der Waals surface area contributed by atoms with Crippen molar-refractivity contribution in [3.8, 4) is 5.75 Å². The molecule has 1 N–H and O–H groups in total. The lowest BCUT2D eigenvalue weighted by atomic mass is 9.73. The number of benzene rings is 1. The van der Waals surface area contributed by atoms with Crippen LogP contribution >= 0.6 is 29.4 Å². The largest absolute Gasteiger partial charge is 0.491 e. The number of hydrogen-bond acceptors (Lipinski definition) is 7. The van der Waals surface area contributed by atoms with E-state index in [1.54, 1.807) is 12.4 Å². The highest BCUT2D eigenvalue weighted by Gasteiger charge is 2.33. The molecular formula is C25H35BrN6O2S. The van der Waals surface area contributed by atoms with Gasteiger partial charge in [-0.25, -0.2) is 15.0 Å². The Morgan fingerprint density at radius 2 is 1.86 bits per heavy atom. The second-order valence-electron chi connectivity index (χ2n) is 8.75. The first-order valence-electron chi connectivity index (χ1n) is 10.8. The third kappa shape index (κ3) is 5.69. The fourth-order valence-corrected chi connectivity index (χ4v) is 4.88. The fourth-order valence-electron chi connectivity index (χ4n) is 4.46. The highest BCUT2D eigenvalue weighted by molar-refractivity contribution is 9.10. The average Bonchev–Trinajstić information content (AvgIpc) is 2.74. The van der Waals surface area contributed by atoms with E-state index in [-0.39, 0.29) is 40.3 Å². The number of hydrogen-bond donors (Lipinski definition) is 1. The van der Waals surface area contributed by atoms with Crippen LogP contribution in [0.4, 0.5) is 11.5 Å². The minimum atomic E-state index is -0.242. The molecule has 0 unspecified atom stereocenters. The number of rotatable bonds is 5. The van der Waals surface area contributed by atoms with E-state index in [1.165, 1.54) is 0 Å². The van der Waals surface area contributed by atoms with Gasteiger partial charge in [-0.3, -0.25) is 9.78 Å². The molecule has 3 heterocycles. The van der Waals surface area contributed by atoms with Gasteiger partial charge in [0.1, 0.15) is 28.8 Å². The Bertz CT molecular complexity index is 1200. The summed E-state index contributed by atoms with van der Waals surface area (Å²) in [6.07, 6.45) is 6.38. The predicted molar refractivity (Wildman–Crippen MR) is 150 cm³/mol. The Morgan fingerprint density at radius 3 is 2.60 bits per heavy atom. The number of nitrogens with one attached hydrogen (secondary N) is 1. The van der Waals surface area contributed by atoms with Gasteiger partial charge in [0.2, 0.25) is 5.91 Å². The number of carbonyl (C=O) groups is 1. The molecule has 1 amide bonds. The van der Waals surface area contributed by atoms with E-state index in [9.17, 15) is 4.79 Å². The summed E-state index contributed by atoms with van der Waals surface area (Å²) in [6.45, 7) is 4.47. The van der Waals surface area contributed by atoms with Gasteiger partial charge in [0.25, 0.3) is 0 Å². The lowest BCUT2D eigenvalue weighted by Crippen LogP contribution is -2.45. The molecule has 1 aliphatic carbocycles. The molecule has 1 fully saturated rings. The van der Waals surface area contributed by atoms with Gasteiger partial charge < -0.3 is 15.0 Å². The zero-order valence-electron chi connectivity index (χ0n) is 18.8. The maximum atomic E-state index is 12.1. The number of ether oxygens (including phenoxy) is 1. The molecule has 10 heteroatoms. The third-order valence-electron chi connectivity index (χ3n) is 6.44. The van der Waals surface area contributed by atoms with Crippen molar-refractivity contribution in [2.45, 2.75) is 54.0 Å². The molecule has 0 radical (unpaired) electrons. The van der Waals surface area contributed by atoms with Crippen molar-refractivity contribution in [2.75, 3.05) is 23.9 Å². The molecule has 1 atom stereocenters. The maximum absolute atomic E-state index is 12.1. The third-order valence-corrected chi connectivity index (χ3v) is 6.90. The molecular weight excluding hydrogens is 528 g/mol. The highest BCUT2D eigenvalue weighted by Crippen LogP contribution is 2.38. The van der Waals surface area contributed by atoms with Crippen molar-refractivity contribution < 1.29 is 9.53 Å². The van der Waals surface area contributed by atoms with E-state index in [0.717, 1.165) is 63.5 Å². The number of likely N-dealkylation sites (N-methyl/N-ethyl adjacent to an activating group) is 1. The number of fused-ring (bicyclic) bond motifs is 2. The van der Waals surface area contributed by atoms with E-state index in [1.807, 2.05) is 37.9 Å². The van der Waals surface area contributed by atoms with Crippen LogP contribution in [0.5, 0.6) is 5.75 Å². The molecule has 1 aliphatic heterocycles. The first kappa shape index (κ1) is 28.8. The highest BCUT2D eigenvalue weighted by atomic mass is 79.9. The van der Waals surface area contributed by atoms with Gasteiger partial charge in [-0.2, -0.15) is 13.5 Å². The number of anilines is 2. The number of aryl methyl sites for hydroxylation is 1. The summed E-state index contributed by atoms with van der Waals surface area (Å²) in [7, 11) is 1.91. The van der Waals surface area contributed by atoms with Crippen LogP contribution in [0.15, 0.2) is 29.0 Å². The molecule has 0 spiro atoms. The fraction of sp³-hybridized carbons (Fsp3) is 0.480. The molecule has 8 nitrogen and oxygen atoms in total. The number of halogens is 1. The van der Waals surface area contributed by atoms with Crippen molar-refractivity contribution in [2.24, 2.45) is 11.8 Å². The topological polar surface area (TPSA) is 93.1 Å². The number of amides is 1. The van der Waals surface area contributed by atoms with Gasteiger partial charge in [0, 0.05) is 30.3 Å². The summed E-state index contributed by atoms with van der Waals surface area (Å²) in [5, 5.41) is 2.94. The summed E-state index contributed by atoms with van der Waals surface area (Å²) in [5.74, 6) is 3.44. The summed E-state index contributed by atoms with van der Waals surface area (Å²) in [4.78, 5) is 32.2. The van der Waals surface area contributed by atoms with Crippen molar-refractivity contribution in [3.63, 3.8) is 0 Å².